The molecule has 1 aromatic rings. The Bertz CT molecular complexity index is 1260. The lowest BCUT2D eigenvalue weighted by Gasteiger charge is -2.22. The Balaban J connectivity index is 1.55. The van der Waals surface area contributed by atoms with Gasteiger partial charge >= 0.3 is 11.7 Å². The fourth-order valence-corrected chi connectivity index (χ4v) is 4.63. The summed E-state index contributed by atoms with van der Waals surface area (Å²) in [6.45, 7) is 7.20. The number of carbonyl (C=O) groups is 1. The molecule has 1 N–H and O–H groups in total. The van der Waals surface area contributed by atoms with Crippen molar-refractivity contribution in [3.8, 4) is 11.5 Å². The lowest BCUT2D eigenvalue weighted by molar-refractivity contribution is -0.145. The summed E-state index contributed by atoms with van der Waals surface area (Å²) < 4.78 is 7.11. The Labute approximate surface area is 172 Å². The smallest absolute Gasteiger partial charge is 0.349 e. The fraction of sp³-hybridized carbons (Fsp3) is 0.476. The van der Waals surface area contributed by atoms with Crippen molar-refractivity contribution >= 4 is 17.0 Å². The number of fused-ring (bicyclic) bond motifs is 2. The van der Waals surface area contributed by atoms with Crippen molar-refractivity contribution < 1.29 is 9.53 Å². The second-order valence-corrected chi connectivity index (χ2v) is 8.42. The van der Waals surface area contributed by atoms with E-state index in [0.29, 0.717) is 31.8 Å². The number of aromatic amines is 1. The third-order valence-electron chi connectivity index (χ3n) is 6.54. The average molecular weight is 409 g/mol. The number of hydrogen-bond acceptors (Lipinski definition) is 7. The van der Waals surface area contributed by atoms with E-state index in [1.165, 1.54) is 0 Å². The zero-order chi connectivity index (χ0) is 21.0. The Kier molecular flexibility index (Phi) is 4.25. The van der Waals surface area contributed by atoms with Crippen molar-refractivity contribution in [2.24, 2.45) is 5.41 Å². The van der Waals surface area contributed by atoms with Crippen LogP contribution in [0.15, 0.2) is 21.7 Å². The molecule has 0 saturated carbocycles. The van der Waals surface area contributed by atoms with Gasteiger partial charge in [0, 0.05) is 19.6 Å². The number of esters is 1. The first-order valence-corrected chi connectivity index (χ1v) is 10.2. The summed E-state index contributed by atoms with van der Waals surface area (Å²) >= 11 is 0. The minimum atomic E-state index is -0.680. The highest BCUT2D eigenvalue weighted by Gasteiger charge is 2.49. The van der Waals surface area contributed by atoms with Crippen molar-refractivity contribution in [1.29, 1.82) is 0 Å². The maximum Gasteiger partial charge on any atom is 0.349 e. The molecular formula is C21H23N5O4. The van der Waals surface area contributed by atoms with Crippen molar-refractivity contribution in [2.45, 2.75) is 33.2 Å². The number of hydrogen-bond donors (Lipinski definition) is 1. The first kappa shape index (κ1) is 18.9. The molecule has 0 amide bonds. The molecule has 0 bridgehead atoms. The van der Waals surface area contributed by atoms with E-state index in [1.54, 1.807) is 0 Å². The Morgan fingerprint density at radius 3 is 2.67 bits per heavy atom. The monoisotopic (exact) mass is 409 g/mol. The van der Waals surface area contributed by atoms with Gasteiger partial charge in [-0.15, -0.1) is 0 Å². The normalized spacial score (nSPS) is 21.9. The van der Waals surface area contributed by atoms with Crippen LogP contribution in [0.5, 0.6) is 0 Å². The summed E-state index contributed by atoms with van der Waals surface area (Å²) in [6, 6.07) is 3.97. The van der Waals surface area contributed by atoms with Gasteiger partial charge in [0.25, 0.3) is 5.56 Å². The standard InChI is InChI=1S/C21H23N5O4/c1-12-9-14-15(10-13(12)2)26(17-16(22-14)18(27)24-20(29)23-17)7-6-25-5-3-21(11-25)4-8-30-19(21)28/h9-10H,3-8,11H2,1-2H3,(H,24,27,29). The zero-order valence-electron chi connectivity index (χ0n) is 17.0. The molecule has 9 heteroatoms. The molecule has 1 aromatic carbocycles. The first-order valence-electron chi connectivity index (χ1n) is 10.2. The second kappa shape index (κ2) is 6.73. The van der Waals surface area contributed by atoms with Gasteiger partial charge < -0.3 is 14.2 Å². The summed E-state index contributed by atoms with van der Waals surface area (Å²) in [5.41, 5.74) is 2.25. The summed E-state index contributed by atoms with van der Waals surface area (Å²) in [4.78, 5) is 49.5. The number of carbonyl (C=O) groups excluding carboxylic acids is 1. The maximum atomic E-state index is 12.4. The molecule has 0 aliphatic carbocycles. The molecule has 1 unspecified atom stereocenters. The van der Waals surface area contributed by atoms with Gasteiger partial charge in [0.15, 0.2) is 11.5 Å². The Morgan fingerprint density at radius 2 is 1.90 bits per heavy atom. The molecule has 5 rings (SSSR count). The summed E-state index contributed by atoms with van der Waals surface area (Å²) in [5, 5.41) is 0. The molecule has 2 saturated heterocycles. The maximum absolute atomic E-state index is 12.4. The van der Waals surface area contributed by atoms with Crippen LogP contribution in [0.2, 0.25) is 0 Å². The molecule has 0 radical (unpaired) electrons. The Morgan fingerprint density at radius 1 is 1.10 bits per heavy atom. The second-order valence-electron chi connectivity index (χ2n) is 8.42. The van der Waals surface area contributed by atoms with Crippen LogP contribution in [-0.2, 0) is 16.1 Å². The van der Waals surface area contributed by atoms with Gasteiger partial charge in [-0.05, 0) is 56.5 Å². The van der Waals surface area contributed by atoms with Gasteiger partial charge in [-0.1, -0.05) is 0 Å². The van der Waals surface area contributed by atoms with Gasteiger partial charge in [0.05, 0.1) is 23.1 Å². The lowest BCUT2D eigenvalue weighted by atomic mass is 9.86. The Hall–Kier alpha value is -3.07. The molecule has 156 valence electrons. The number of aromatic nitrogens is 4. The van der Waals surface area contributed by atoms with Gasteiger partial charge in [0.1, 0.15) is 0 Å². The highest BCUT2D eigenvalue weighted by molar-refractivity contribution is 5.81. The quantitative estimate of drug-likeness (QED) is 0.504. The minimum absolute atomic E-state index is 0.0900. The van der Waals surface area contributed by atoms with E-state index in [0.717, 1.165) is 36.0 Å². The van der Waals surface area contributed by atoms with Gasteiger partial charge in [-0.3, -0.25) is 14.6 Å². The van der Waals surface area contributed by atoms with Crippen LogP contribution in [-0.4, -0.2) is 56.6 Å². The molecule has 1 spiro atoms. The van der Waals surface area contributed by atoms with E-state index in [-0.39, 0.29) is 22.9 Å². The molecule has 1 atom stereocenters. The summed E-state index contributed by atoms with van der Waals surface area (Å²) in [5.74, 6) is 0.196. The number of likely N-dealkylation sites (tertiary alicyclic amines) is 1. The van der Waals surface area contributed by atoms with E-state index in [4.69, 9.17) is 4.74 Å². The molecule has 2 fully saturated rings. The van der Waals surface area contributed by atoms with E-state index < -0.39 is 11.2 Å². The van der Waals surface area contributed by atoms with Gasteiger partial charge in [-0.2, -0.15) is 4.98 Å². The predicted octanol–water partition coefficient (Wildman–Crippen LogP) is 0.840. The summed E-state index contributed by atoms with van der Waals surface area (Å²) in [7, 11) is 0. The van der Waals surface area contributed by atoms with E-state index >= 15 is 0 Å². The number of nitrogens with one attached hydrogen (secondary N) is 1. The molecule has 30 heavy (non-hydrogen) atoms. The van der Waals surface area contributed by atoms with Crippen LogP contribution in [0, 0.1) is 19.3 Å². The van der Waals surface area contributed by atoms with Crippen LogP contribution >= 0.6 is 0 Å². The zero-order valence-corrected chi connectivity index (χ0v) is 17.0. The number of aryl methyl sites for hydroxylation is 2. The largest absolute Gasteiger partial charge is 0.465 e. The molecule has 9 nitrogen and oxygen atoms in total. The number of rotatable bonds is 3. The fourth-order valence-electron chi connectivity index (χ4n) is 4.63. The third kappa shape index (κ3) is 2.92. The van der Waals surface area contributed by atoms with Crippen molar-refractivity contribution in [1.82, 2.24) is 24.4 Å². The third-order valence-corrected chi connectivity index (χ3v) is 6.54. The first-order chi connectivity index (χ1) is 14.4. The SMILES string of the molecule is Cc1cc2nc3c(=O)[nH]c(=O)nc-3n(CCN3CCC4(CCOC4=O)C3)c2cc1C. The van der Waals surface area contributed by atoms with Crippen molar-refractivity contribution in [2.75, 3.05) is 26.2 Å². The van der Waals surface area contributed by atoms with E-state index in [2.05, 4.69) is 19.9 Å². The highest BCUT2D eigenvalue weighted by atomic mass is 16.5. The molecule has 4 heterocycles. The molecule has 4 aliphatic heterocycles. The molecule has 4 aliphatic rings. The van der Waals surface area contributed by atoms with Crippen LogP contribution in [0.4, 0.5) is 0 Å². The van der Waals surface area contributed by atoms with E-state index in [1.807, 2.05) is 30.5 Å². The molecular weight excluding hydrogens is 386 g/mol. The van der Waals surface area contributed by atoms with Crippen molar-refractivity contribution in [3.63, 3.8) is 0 Å². The van der Waals surface area contributed by atoms with Gasteiger partial charge in [-0.25, -0.2) is 9.78 Å². The molecule has 0 aromatic heterocycles. The van der Waals surface area contributed by atoms with Crippen molar-refractivity contribution in [3.05, 3.63) is 44.1 Å². The topological polar surface area (TPSA) is 110 Å². The minimum Gasteiger partial charge on any atom is -0.465 e. The highest BCUT2D eigenvalue weighted by Crippen LogP contribution is 2.39. The number of nitrogens with zero attached hydrogens (tertiary/aromatic N) is 4. The van der Waals surface area contributed by atoms with Crippen LogP contribution < -0.4 is 11.2 Å². The number of H-pyrrole nitrogens is 1. The predicted molar refractivity (Wildman–Crippen MR) is 110 cm³/mol. The summed E-state index contributed by atoms with van der Waals surface area (Å²) in [6.07, 6.45) is 1.57. The van der Waals surface area contributed by atoms with Crippen LogP contribution in [0.3, 0.4) is 0 Å². The van der Waals surface area contributed by atoms with Crippen LogP contribution in [0.1, 0.15) is 24.0 Å². The lowest BCUT2D eigenvalue weighted by Crippen LogP contribution is -2.34. The number of cyclic esters (lactones) is 1. The average Bonchev–Trinajstić information content (AvgIpc) is 3.27. The number of benzene rings is 1. The van der Waals surface area contributed by atoms with Gasteiger partial charge in [0.2, 0.25) is 0 Å². The van der Waals surface area contributed by atoms with E-state index in [9.17, 15) is 14.4 Å². The van der Waals surface area contributed by atoms with Crippen LogP contribution in [0.25, 0.3) is 22.6 Å². The number of ether oxygens (including phenoxy) is 1.